The Morgan fingerprint density at radius 2 is 2.07 bits per heavy atom. The lowest BCUT2D eigenvalue weighted by atomic mass is 9.74. The summed E-state index contributed by atoms with van der Waals surface area (Å²) >= 11 is 2.42. The molecule has 44 heavy (non-hydrogen) atoms. The van der Waals surface area contributed by atoms with Gasteiger partial charge in [0.05, 0.1) is 27.7 Å². The molecule has 6 N–H and O–H groups in total. The number of fused-ring (bicyclic) bond motifs is 1. The number of ether oxygens (including phenoxy) is 1. The molecule has 0 bridgehead atoms. The molecule has 2 aliphatic rings. The van der Waals surface area contributed by atoms with E-state index in [9.17, 15) is 27.9 Å². The summed E-state index contributed by atoms with van der Waals surface area (Å²) in [6, 6.07) is 5.42. The Balaban J connectivity index is 1.27. The van der Waals surface area contributed by atoms with Crippen molar-refractivity contribution in [3.05, 3.63) is 29.3 Å². The molecule has 4 heterocycles. The summed E-state index contributed by atoms with van der Waals surface area (Å²) in [5.74, 6) is -3.78. The number of carboxylic acids is 1. The molecule has 2 fully saturated rings. The Kier molecular flexibility index (Phi) is 8.73. The number of nitrogens with one attached hydrogen (secondary N) is 2. The number of hydroxylamine groups is 2. The third-order valence-electron chi connectivity index (χ3n) is 6.88. The van der Waals surface area contributed by atoms with Gasteiger partial charge in [-0.2, -0.15) is 13.5 Å². The van der Waals surface area contributed by atoms with Gasteiger partial charge in [0.25, 0.3) is 12.0 Å². The minimum atomic E-state index is -4.98. The summed E-state index contributed by atoms with van der Waals surface area (Å²) in [5, 5.41) is 22.7. The first-order chi connectivity index (χ1) is 20.7. The number of carboxylic acid groups (broad SMARTS) is 1. The Bertz CT molecular complexity index is 1730. The van der Waals surface area contributed by atoms with Crippen molar-refractivity contribution in [3.63, 3.8) is 0 Å². The highest BCUT2D eigenvalue weighted by molar-refractivity contribution is 7.80. The van der Waals surface area contributed by atoms with Gasteiger partial charge >= 0.3 is 16.4 Å². The van der Waals surface area contributed by atoms with Gasteiger partial charge in [-0.05, 0) is 32.0 Å². The number of Topliss-reactive ketones (excluding diaryl/α,β-unsaturated/α-hetero) is 1. The first-order valence-electron chi connectivity index (χ1n) is 12.9. The van der Waals surface area contributed by atoms with Crippen LogP contribution in [0.15, 0.2) is 28.7 Å². The van der Waals surface area contributed by atoms with Crippen molar-refractivity contribution in [1.82, 2.24) is 20.3 Å². The van der Waals surface area contributed by atoms with Crippen molar-refractivity contribution in [2.24, 2.45) is 11.1 Å². The lowest BCUT2D eigenvalue weighted by molar-refractivity contribution is -0.228. The molecule has 0 radical (unpaired) electrons. The number of oxime groups is 1. The number of rotatable bonds is 14. The number of nitrogens with zero attached hydrogens (tertiary/aromatic N) is 4. The molecule has 0 aliphatic carbocycles. The lowest BCUT2D eigenvalue weighted by Gasteiger charge is -2.50. The standard InChI is InChI=1S/C24H27N7O10S3/c1-24(2)13(20(33)31(24)41-44(36,37)38)6-16(32)19(15-10-42-22(25)28-15)30-40-17(21(34)35)9-39-12-3-4-14-18(5-12)43-23(29-14)27-11-7-26-8-11/h3-5,10-11,13,17,26H,6-9H2,1-2H3,(H2,25,28)(H,27,29)(H,34,35)(H,36,37,38)/b30-19-/t13-,17?/m1/s1. The van der Waals surface area contributed by atoms with Crippen molar-refractivity contribution in [2.45, 2.75) is 38.0 Å². The molecule has 5 rings (SSSR count). The Hall–Kier alpha value is -3.95. The average Bonchev–Trinajstić information content (AvgIpc) is 3.54. The molecule has 2 aromatic heterocycles. The van der Waals surface area contributed by atoms with Gasteiger partial charge in [0.15, 0.2) is 21.8 Å². The minimum Gasteiger partial charge on any atom is -0.489 e. The normalized spacial score (nSPS) is 19.2. The Labute approximate surface area is 257 Å². The van der Waals surface area contributed by atoms with Gasteiger partial charge in [-0.1, -0.05) is 16.5 Å². The van der Waals surface area contributed by atoms with E-state index in [2.05, 4.69) is 30.0 Å². The summed E-state index contributed by atoms with van der Waals surface area (Å²) < 4.78 is 41.9. The van der Waals surface area contributed by atoms with Crippen LogP contribution in [-0.2, 0) is 33.9 Å². The maximum Gasteiger partial charge on any atom is 0.418 e. The van der Waals surface area contributed by atoms with E-state index >= 15 is 0 Å². The van der Waals surface area contributed by atoms with Crippen molar-refractivity contribution >= 4 is 76.9 Å². The van der Waals surface area contributed by atoms with Crippen LogP contribution in [0, 0.1) is 5.92 Å². The van der Waals surface area contributed by atoms with E-state index in [1.807, 2.05) is 0 Å². The van der Waals surface area contributed by atoms with E-state index in [0.717, 1.165) is 39.8 Å². The number of thiazole rings is 2. The van der Waals surface area contributed by atoms with Gasteiger partial charge in [-0.3, -0.25) is 14.1 Å². The number of benzene rings is 1. The summed E-state index contributed by atoms with van der Waals surface area (Å²) in [7, 11) is -4.98. The summed E-state index contributed by atoms with van der Waals surface area (Å²) in [4.78, 5) is 51.6. The van der Waals surface area contributed by atoms with Crippen LogP contribution in [-0.4, -0.2) is 93.9 Å². The second-order valence-electron chi connectivity index (χ2n) is 10.4. The van der Waals surface area contributed by atoms with Crippen molar-refractivity contribution in [3.8, 4) is 5.75 Å². The highest BCUT2D eigenvalue weighted by atomic mass is 32.3. The first kappa shape index (κ1) is 31.5. The van der Waals surface area contributed by atoms with E-state index in [0.29, 0.717) is 16.9 Å². The molecule has 2 saturated heterocycles. The van der Waals surface area contributed by atoms with Crippen LogP contribution in [0.4, 0.5) is 10.3 Å². The molecular formula is C24H27N7O10S3. The van der Waals surface area contributed by atoms with Gasteiger partial charge in [-0.15, -0.1) is 15.6 Å². The molecule has 17 nitrogen and oxygen atoms in total. The number of carbonyl (C=O) groups excluding carboxylic acids is 2. The minimum absolute atomic E-state index is 0.0177. The maximum atomic E-state index is 13.3. The fourth-order valence-corrected chi connectivity index (χ4v) is 6.32. The molecule has 1 unspecified atom stereocenters. The number of nitrogens with two attached hydrogens (primary N) is 1. The van der Waals surface area contributed by atoms with Gasteiger partial charge in [0.1, 0.15) is 18.1 Å². The third-order valence-corrected chi connectivity index (χ3v) is 8.84. The molecule has 2 aliphatic heterocycles. The molecule has 0 saturated carbocycles. The van der Waals surface area contributed by atoms with E-state index in [-0.39, 0.29) is 10.8 Å². The molecule has 2 atom stereocenters. The van der Waals surface area contributed by atoms with Crippen LogP contribution in [0.2, 0.25) is 0 Å². The highest BCUT2D eigenvalue weighted by Gasteiger charge is 2.57. The Morgan fingerprint density at radius 1 is 1.32 bits per heavy atom. The van der Waals surface area contributed by atoms with Crippen LogP contribution >= 0.6 is 22.7 Å². The van der Waals surface area contributed by atoms with Gasteiger partial charge in [0.2, 0.25) is 0 Å². The van der Waals surface area contributed by atoms with Crippen LogP contribution in [0.5, 0.6) is 5.75 Å². The number of hydrogen-bond donors (Lipinski definition) is 5. The zero-order valence-electron chi connectivity index (χ0n) is 23.1. The number of nitrogen functional groups attached to an aromatic ring is 1. The smallest absolute Gasteiger partial charge is 0.418 e. The third kappa shape index (κ3) is 6.89. The highest BCUT2D eigenvalue weighted by Crippen LogP contribution is 2.40. The summed E-state index contributed by atoms with van der Waals surface area (Å²) in [5.41, 5.74) is 4.72. The second-order valence-corrected chi connectivity index (χ2v) is 13.3. The van der Waals surface area contributed by atoms with Crippen molar-refractivity contribution < 1.29 is 46.3 Å². The number of anilines is 2. The van der Waals surface area contributed by atoms with Crippen molar-refractivity contribution in [1.29, 1.82) is 0 Å². The monoisotopic (exact) mass is 669 g/mol. The lowest BCUT2D eigenvalue weighted by Crippen LogP contribution is -2.68. The number of carbonyl (C=O) groups is 3. The quantitative estimate of drug-likeness (QED) is 0.0693. The zero-order valence-corrected chi connectivity index (χ0v) is 25.6. The second kappa shape index (κ2) is 12.2. The average molecular weight is 670 g/mol. The zero-order chi connectivity index (χ0) is 31.8. The number of amides is 1. The molecule has 1 amide bonds. The fraction of sp³-hybridized carbons (Fsp3) is 0.417. The summed E-state index contributed by atoms with van der Waals surface area (Å²) in [6.07, 6.45) is -2.14. The van der Waals surface area contributed by atoms with Crippen LogP contribution in [0.1, 0.15) is 26.0 Å². The largest absolute Gasteiger partial charge is 0.489 e. The molecule has 3 aromatic rings. The number of β-lactam (4-membered cyclic amide) rings is 1. The number of aliphatic carboxylic acids is 1. The predicted octanol–water partition coefficient (Wildman–Crippen LogP) is 0.902. The molecular weight excluding hydrogens is 643 g/mol. The van der Waals surface area contributed by atoms with Crippen LogP contribution < -0.4 is 21.1 Å². The molecule has 20 heteroatoms. The number of hydrogen-bond acceptors (Lipinski definition) is 16. The topological polar surface area (TPSA) is 245 Å². The number of ketones is 1. The van der Waals surface area contributed by atoms with Gasteiger partial charge in [-0.25, -0.2) is 14.8 Å². The molecule has 236 valence electrons. The SMILES string of the molecule is CC1(C)[C@H](CC(=O)/C(=N\OC(COc2ccc3nc(NC4CNC4)sc3c2)C(=O)O)c2csc(N)n2)C(=O)N1OS(=O)(=O)O. The predicted molar refractivity (Wildman–Crippen MR) is 158 cm³/mol. The molecule has 0 spiro atoms. The summed E-state index contributed by atoms with van der Waals surface area (Å²) in [6.45, 7) is 4.09. The molecule has 1 aromatic carbocycles. The van der Waals surface area contributed by atoms with Gasteiger partial charge in [0, 0.05) is 24.9 Å². The Morgan fingerprint density at radius 3 is 2.66 bits per heavy atom. The van der Waals surface area contributed by atoms with Crippen LogP contribution in [0.25, 0.3) is 10.2 Å². The maximum absolute atomic E-state index is 13.3. The van der Waals surface area contributed by atoms with E-state index in [1.165, 1.54) is 30.6 Å². The van der Waals surface area contributed by atoms with E-state index in [4.69, 9.17) is 19.9 Å². The first-order valence-corrected chi connectivity index (χ1v) is 16.0. The van der Waals surface area contributed by atoms with E-state index in [1.54, 1.807) is 18.2 Å². The number of aromatic nitrogens is 2. The van der Waals surface area contributed by atoms with Crippen molar-refractivity contribution in [2.75, 3.05) is 30.7 Å². The fourth-order valence-electron chi connectivity index (χ4n) is 4.34. The van der Waals surface area contributed by atoms with E-state index < -0.39 is 64.4 Å². The van der Waals surface area contributed by atoms with Crippen LogP contribution in [0.3, 0.4) is 0 Å². The van der Waals surface area contributed by atoms with Gasteiger partial charge < -0.3 is 31.0 Å².